The first-order valence-corrected chi connectivity index (χ1v) is 28.2. The van der Waals surface area contributed by atoms with Crippen LogP contribution in [-0.4, -0.2) is 39.0 Å². The topological polar surface area (TPSA) is 124 Å². The van der Waals surface area contributed by atoms with Gasteiger partial charge in [-0.25, -0.2) is 44.4 Å². The summed E-state index contributed by atoms with van der Waals surface area (Å²) in [4.78, 5) is 42.5. The van der Waals surface area contributed by atoms with E-state index in [0.29, 0.717) is 57.6 Å². The van der Waals surface area contributed by atoms with Crippen molar-refractivity contribution in [2.45, 2.75) is 0 Å². The quantitative estimate of drug-likeness (QED) is 0.125. The van der Waals surface area contributed by atoms with Crippen LogP contribution in [0, 0.1) is 31.0 Å². The molecule has 4 aromatic heterocycles. The molecular formula is C76H42N12. The van der Waals surface area contributed by atoms with Crippen LogP contribution in [-0.2, 0) is 0 Å². The molecule has 0 N–H and O–H groups in total. The molecule has 0 bridgehead atoms. The largest absolute Gasteiger partial charge is 0.309 e. The molecule has 4 heterocycles. The van der Waals surface area contributed by atoms with Crippen LogP contribution < -0.4 is 0 Å². The highest BCUT2D eigenvalue weighted by Gasteiger charge is 2.23. The number of rotatable bonds is 10. The minimum atomic E-state index is 0.447. The Labute approximate surface area is 505 Å². The van der Waals surface area contributed by atoms with Gasteiger partial charge in [-0.3, -0.25) is 0 Å². The van der Waals surface area contributed by atoms with E-state index in [0.717, 1.165) is 111 Å². The normalized spacial score (nSPS) is 11.1. The van der Waals surface area contributed by atoms with E-state index in [9.17, 15) is 5.26 Å². The van der Waals surface area contributed by atoms with E-state index in [1.54, 1.807) is 0 Å². The fourth-order valence-corrected chi connectivity index (χ4v) is 11.7. The molecule has 0 amide bonds. The molecule has 0 radical (unpaired) electrons. The third kappa shape index (κ3) is 9.27. The van der Waals surface area contributed by atoms with Crippen LogP contribution in [0.2, 0.25) is 0 Å². The second-order valence-electron chi connectivity index (χ2n) is 21.1. The second-order valence-corrected chi connectivity index (χ2v) is 21.1. The molecule has 12 nitrogen and oxygen atoms in total. The van der Waals surface area contributed by atoms with Crippen LogP contribution in [0.25, 0.3) is 160 Å². The summed E-state index contributed by atoms with van der Waals surface area (Å²) in [6.45, 7) is 23.9. The van der Waals surface area contributed by atoms with E-state index in [4.69, 9.17) is 49.6 Å². The van der Waals surface area contributed by atoms with Crippen LogP contribution >= 0.6 is 0 Å². The molecule has 15 aromatic rings. The molecule has 0 fully saturated rings. The van der Waals surface area contributed by atoms with Gasteiger partial charge in [-0.15, -0.1) is 0 Å². The van der Waals surface area contributed by atoms with Gasteiger partial charge in [0.1, 0.15) is 0 Å². The molecule has 0 unspecified atom stereocenters. The second kappa shape index (κ2) is 21.6. The Morgan fingerprint density at radius 3 is 1.11 bits per heavy atom. The van der Waals surface area contributed by atoms with E-state index in [2.05, 4.69) is 90.4 Å². The molecule has 88 heavy (non-hydrogen) atoms. The highest BCUT2D eigenvalue weighted by atomic mass is 15.1. The zero-order valence-corrected chi connectivity index (χ0v) is 46.6. The van der Waals surface area contributed by atoms with Crippen LogP contribution in [0.5, 0.6) is 0 Å². The van der Waals surface area contributed by atoms with Gasteiger partial charge in [0.2, 0.25) is 0 Å². The lowest BCUT2D eigenvalue weighted by Gasteiger charge is -2.17. The van der Waals surface area contributed by atoms with Crippen molar-refractivity contribution in [3.63, 3.8) is 0 Å². The summed E-state index contributed by atoms with van der Waals surface area (Å²) >= 11 is 0. The maximum absolute atomic E-state index is 10.1. The summed E-state index contributed by atoms with van der Waals surface area (Å²) in [6, 6.07) is 85.9. The van der Waals surface area contributed by atoms with Gasteiger partial charge in [0.05, 0.1) is 59.1 Å². The fraction of sp³-hybridized carbons (Fsp3) is 0. The van der Waals surface area contributed by atoms with Crippen molar-refractivity contribution in [1.29, 1.82) is 5.26 Å². The molecule has 12 heteroatoms. The molecule has 0 aliphatic heterocycles. The van der Waals surface area contributed by atoms with Crippen molar-refractivity contribution in [2.24, 2.45) is 0 Å². The summed E-state index contributed by atoms with van der Waals surface area (Å²) in [5, 5.41) is 13.5. The van der Waals surface area contributed by atoms with Crippen molar-refractivity contribution >= 4 is 60.7 Å². The first kappa shape index (κ1) is 51.8. The van der Waals surface area contributed by atoms with Crippen molar-refractivity contribution in [1.82, 2.24) is 39.0 Å². The minimum Gasteiger partial charge on any atom is -0.309 e. The van der Waals surface area contributed by atoms with Crippen molar-refractivity contribution in [2.75, 3.05) is 0 Å². The van der Waals surface area contributed by atoms with Gasteiger partial charge in [-0.05, 0) is 129 Å². The summed E-state index contributed by atoms with van der Waals surface area (Å²) in [6.07, 6.45) is 0. The number of nitriles is 1. The Morgan fingerprint density at radius 1 is 0.295 bits per heavy atom. The van der Waals surface area contributed by atoms with Crippen molar-refractivity contribution in [3.05, 3.63) is 295 Å². The van der Waals surface area contributed by atoms with Crippen LogP contribution in [0.3, 0.4) is 0 Å². The summed E-state index contributed by atoms with van der Waals surface area (Å²) < 4.78 is 4.36. The molecule has 0 aliphatic carbocycles. The molecule has 0 saturated carbocycles. The molecule has 0 atom stereocenters. The Hall–Kier alpha value is -13.0. The summed E-state index contributed by atoms with van der Waals surface area (Å²) in [7, 11) is 0. The number of fused-ring (bicyclic) bond motifs is 6. The maximum atomic E-state index is 10.1. The Kier molecular flexibility index (Phi) is 12.7. The predicted molar refractivity (Wildman–Crippen MR) is 349 cm³/mol. The van der Waals surface area contributed by atoms with Crippen LogP contribution in [0.15, 0.2) is 255 Å². The molecule has 406 valence electrons. The third-order valence-electron chi connectivity index (χ3n) is 15.8. The molecule has 11 aromatic carbocycles. The number of nitrogens with zero attached hydrogens (tertiary/aromatic N) is 12. The van der Waals surface area contributed by atoms with Crippen LogP contribution in [0.1, 0.15) is 5.56 Å². The van der Waals surface area contributed by atoms with E-state index in [1.807, 2.05) is 194 Å². The van der Waals surface area contributed by atoms with Gasteiger partial charge in [0, 0.05) is 44.5 Å². The SMILES string of the molecule is [C-]#[N+]c1ccc2c(c1)c1cc(C#N)ccc1n2-c1cc(-c2cccc(-c3ccc(-n4c5ccc([N+]#[C-])cc5c5cc([N+]#[C-])ccc54)c(-c4nc(-c5ccccc5)nc(-c5ccccc5)n4)c3)c2)cc(-c2nc(-c3ccccc3)nc(-c3ccccc3)n2)c1. The highest BCUT2D eigenvalue weighted by molar-refractivity contribution is 6.13. The average Bonchev–Trinajstić information content (AvgIpc) is 1.72. The Morgan fingerprint density at radius 2 is 0.659 bits per heavy atom. The lowest BCUT2D eigenvalue weighted by atomic mass is 9.95. The maximum Gasteiger partial charge on any atom is 0.188 e. The van der Waals surface area contributed by atoms with Gasteiger partial charge >= 0.3 is 0 Å². The molecule has 0 spiro atoms. The zero-order valence-electron chi connectivity index (χ0n) is 46.6. The third-order valence-corrected chi connectivity index (χ3v) is 15.8. The summed E-state index contributed by atoms with van der Waals surface area (Å²) in [5.41, 5.74) is 15.4. The highest BCUT2D eigenvalue weighted by Crippen LogP contribution is 2.43. The molecule has 15 rings (SSSR count). The van der Waals surface area contributed by atoms with E-state index >= 15 is 0 Å². The smallest absolute Gasteiger partial charge is 0.188 e. The van der Waals surface area contributed by atoms with E-state index in [-0.39, 0.29) is 0 Å². The molecule has 0 aliphatic rings. The van der Waals surface area contributed by atoms with Gasteiger partial charge in [-0.1, -0.05) is 164 Å². The monoisotopic (exact) mass is 1120 g/mol. The Balaban J connectivity index is 0.968. The minimum absolute atomic E-state index is 0.447. The van der Waals surface area contributed by atoms with E-state index in [1.165, 1.54) is 0 Å². The Bertz CT molecular complexity index is 5230. The first-order valence-electron chi connectivity index (χ1n) is 28.2. The zero-order chi connectivity index (χ0) is 59.2. The number of hydrogen-bond donors (Lipinski definition) is 0. The first-order chi connectivity index (χ1) is 43.4. The van der Waals surface area contributed by atoms with Crippen LogP contribution in [0.4, 0.5) is 17.1 Å². The van der Waals surface area contributed by atoms with Crippen molar-refractivity contribution < 1.29 is 0 Å². The number of benzene rings is 11. The average molecular weight is 1120 g/mol. The predicted octanol–water partition coefficient (Wildman–Crippen LogP) is 19.1. The van der Waals surface area contributed by atoms with Gasteiger partial charge < -0.3 is 9.13 Å². The van der Waals surface area contributed by atoms with Gasteiger partial charge in [0.15, 0.2) is 52.0 Å². The number of aromatic nitrogens is 8. The van der Waals surface area contributed by atoms with Crippen molar-refractivity contribution in [3.8, 4) is 108 Å². The fourth-order valence-electron chi connectivity index (χ4n) is 11.7. The summed E-state index contributed by atoms with van der Waals surface area (Å²) in [5.74, 6) is 2.99. The van der Waals surface area contributed by atoms with E-state index < -0.39 is 0 Å². The standard InChI is InChI=1S/C76H42N12/c1-78-57-29-34-67-62(43-57)61-37-47(46-77)27-32-66(61)87(67)60-40-55(39-56(41-60)75-83-71(48-17-8-4-9-18-48)81-72(84-75)49-19-10-5-11-20-49)53-26-16-25-52(38-53)54-28-33-70(88-68-35-30-58(79-2)44-63(68)64-45-59(80-3)31-36-69(64)88)65(42-54)76-85-73(50-21-12-6-13-22-50)82-74(86-76)51-23-14-7-15-24-51/h4-45H. The number of hydrogen-bond acceptors (Lipinski definition) is 7. The molecular weight excluding hydrogens is 1080 g/mol. The lowest BCUT2D eigenvalue weighted by Crippen LogP contribution is -2.04. The van der Waals surface area contributed by atoms with Gasteiger partial charge in [0.25, 0.3) is 0 Å². The lowest BCUT2D eigenvalue weighted by molar-refractivity contribution is 1.06. The van der Waals surface area contributed by atoms with Gasteiger partial charge in [-0.2, -0.15) is 5.26 Å². The molecule has 0 saturated heterocycles.